The van der Waals surface area contributed by atoms with Gasteiger partial charge in [0.1, 0.15) is 11.8 Å². The summed E-state index contributed by atoms with van der Waals surface area (Å²) in [6, 6.07) is 10.6. The lowest BCUT2D eigenvalue weighted by atomic mass is 10.1. The zero-order valence-corrected chi connectivity index (χ0v) is 12.3. The van der Waals surface area contributed by atoms with Crippen molar-refractivity contribution in [2.45, 2.75) is 19.0 Å². The Morgan fingerprint density at radius 1 is 1.30 bits per heavy atom. The SMILES string of the molecule is COc1ccccc1[C@@H](C)NC(=O)C(N)c1cccs1. The standard InChI is InChI=1S/C15H18N2O2S/c1-10(11-6-3-4-7-12(11)19-2)17-15(18)14(16)13-8-5-9-20-13/h3-10,14H,16H2,1-2H3,(H,17,18)/t10-,14?/m1/s1. The maximum absolute atomic E-state index is 12.2. The molecule has 1 aromatic heterocycles. The van der Waals surface area contributed by atoms with Crippen LogP contribution in [0.25, 0.3) is 0 Å². The van der Waals surface area contributed by atoms with E-state index in [4.69, 9.17) is 10.5 Å². The van der Waals surface area contributed by atoms with Crippen molar-refractivity contribution in [2.24, 2.45) is 5.73 Å². The summed E-state index contributed by atoms with van der Waals surface area (Å²) in [5.74, 6) is 0.566. The van der Waals surface area contributed by atoms with Gasteiger partial charge in [0.25, 0.3) is 0 Å². The quantitative estimate of drug-likeness (QED) is 0.889. The molecule has 1 unspecified atom stereocenters. The number of carbonyl (C=O) groups is 1. The molecule has 0 aliphatic carbocycles. The lowest BCUT2D eigenvalue weighted by molar-refractivity contribution is -0.123. The van der Waals surface area contributed by atoms with Gasteiger partial charge in [0.2, 0.25) is 5.91 Å². The monoisotopic (exact) mass is 290 g/mol. The van der Waals surface area contributed by atoms with E-state index in [0.29, 0.717) is 0 Å². The number of amides is 1. The first-order valence-electron chi connectivity index (χ1n) is 6.35. The Morgan fingerprint density at radius 3 is 2.70 bits per heavy atom. The highest BCUT2D eigenvalue weighted by atomic mass is 32.1. The van der Waals surface area contributed by atoms with E-state index in [-0.39, 0.29) is 11.9 Å². The molecule has 0 aliphatic heterocycles. The topological polar surface area (TPSA) is 64.3 Å². The molecule has 1 amide bonds. The number of rotatable bonds is 5. The van der Waals surface area contributed by atoms with Crippen molar-refractivity contribution in [3.63, 3.8) is 0 Å². The van der Waals surface area contributed by atoms with Gasteiger partial charge < -0.3 is 15.8 Å². The number of hydrogen-bond donors (Lipinski definition) is 2. The van der Waals surface area contributed by atoms with Crippen LogP contribution in [0.4, 0.5) is 0 Å². The number of ether oxygens (including phenoxy) is 1. The molecule has 0 fully saturated rings. The van der Waals surface area contributed by atoms with E-state index in [9.17, 15) is 4.79 Å². The van der Waals surface area contributed by atoms with Gasteiger partial charge in [0.15, 0.2) is 0 Å². The van der Waals surface area contributed by atoms with Crippen LogP contribution in [0.1, 0.15) is 29.4 Å². The Balaban J connectivity index is 2.07. The summed E-state index contributed by atoms with van der Waals surface area (Å²) in [5, 5.41) is 4.83. The van der Waals surface area contributed by atoms with Crippen molar-refractivity contribution in [3.8, 4) is 5.75 Å². The van der Waals surface area contributed by atoms with E-state index in [0.717, 1.165) is 16.2 Å². The fourth-order valence-corrected chi connectivity index (χ4v) is 2.73. The number of hydrogen-bond acceptors (Lipinski definition) is 4. The Kier molecular flexibility index (Phi) is 4.76. The second-order valence-electron chi connectivity index (χ2n) is 4.47. The van der Waals surface area contributed by atoms with E-state index >= 15 is 0 Å². The van der Waals surface area contributed by atoms with Gasteiger partial charge in [-0.05, 0) is 24.4 Å². The fourth-order valence-electron chi connectivity index (χ4n) is 2.00. The number of nitrogens with two attached hydrogens (primary N) is 1. The average Bonchev–Trinajstić information content (AvgIpc) is 3.00. The fraction of sp³-hybridized carbons (Fsp3) is 0.267. The minimum absolute atomic E-state index is 0.162. The number of benzene rings is 1. The smallest absolute Gasteiger partial charge is 0.242 e. The second kappa shape index (κ2) is 6.54. The van der Waals surface area contributed by atoms with Gasteiger partial charge in [-0.25, -0.2) is 0 Å². The summed E-state index contributed by atoms with van der Waals surface area (Å²) in [6.45, 7) is 1.91. The van der Waals surface area contributed by atoms with Crippen LogP contribution in [0.3, 0.4) is 0 Å². The summed E-state index contributed by atoms with van der Waals surface area (Å²) < 4.78 is 5.30. The first kappa shape index (κ1) is 14.6. The van der Waals surface area contributed by atoms with Gasteiger partial charge in [-0.1, -0.05) is 24.3 Å². The highest BCUT2D eigenvalue weighted by Gasteiger charge is 2.20. The molecular weight excluding hydrogens is 272 g/mol. The highest BCUT2D eigenvalue weighted by molar-refractivity contribution is 7.10. The lowest BCUT2D eigenvalue weighted by Gasteiger charge is -2.19. The van der Waals surface area contributed by atoms with Gasteiger partial charge in [-0.3, -0.25) is 4.79 Å². The summed E-state index contributed by atoms with van der Waals surface area (Å²) in [6.07, 6.45) is 0. The average molecular weight is 290 g/mol. The first-order valence-corrected chi connectivity index (χ1v) is 7.23. The number of nitrogens with one attached hydrogen (secondary N) is 1. The molecule has 0 bridgehead atoms. The zero-order chi connectivity index (χ0) is 14.5. The molecule has 5 heteroatoms. The summed E-state index contributed by atoms with van der Waals surface area (Å²) in [7, 11) is 1.62. The van der Waals surface area contributed by atoms with Crippen LogP contribution in [0, 0.1) is 0 Å². The largest absolute Gasteiger partial charge is 0.496 e. The van der Waals surface area contributed by atoms with Crippen LogP contribution >= 0.6 is 11.3 Å². The second-order valence-corrected chi connectivity index (χ2v) is 5.44. The first-order chi connectivity index (χ1) is 9.63. The van der Waals surface area contributed by atoms with Gasteiger partial charge in [-0.2, -0.15) is 0 Å². The van der Waals surface area contributed by atoms with Gasteiger partial charge >= 0.3 is 0 Å². The molecule has 0 saturated heterocycles. The number of thiophene rings is 1. The third-order valence-electron chi connectivity index (χ3n) is 3.10. The molecule has 1 aromatic carbocycles. The molecule has 20 heavy (non-hydrogen) atoms. The van der Waals surface area contributed by atoms with Crippen LogP contribution in [-0.4, -0.2) is 13.0 Å². The van der Waals surface area contributed by atoms with Crippen molar-refractivity contribution in [1.82, 2.24) is 5.32 Å². The number of para-hydroxylation sites is 1. The van der Waals surface area contributed by atoms with Crippen molar-refractivity contribution >= 4 is 17.2 Å². The third kappa shape index (κ3) is 3.18. The minimum Gasteiger partial charge on any atom is -0.496 e. The molecule has 0 aliphatic rings. The van der Waals surface area contributed by atoms with Gasteiger partial charge in [-0.15, -0.1) is 11.3 Å². The molecule has 0 spiro atoms. The molecule has 4 nitrogen and oxygen atoms in total. The molecule has 106 valence electrons. The summed E-state index contributed by atoms with van der Waals surface area (Å²) in [4.78, 5) is 13.0. The number of methoxy groups -OCH3 is 1. The van der Waals surface area contributed by atoms with Gasteiger partial charge in [0.05, 0.1) is 13.2 Å². The predicted molar refractivity (Wildman–Crippen MR) is 80.8 cm³/mol. The van der Waals surface area contributed by atoms with E-state index in [1.807, 2.05) is 48.7 Å². The maximum atomic E-state index is 12.2. The van der Waals surface area contributed by atoms with Gasteiger partial charge in [0, 0.05) is 10.4 Å². The Hall–Kier alpha value is -1.85. The van der Waals surface area contributed by atoms with Crippen molar-refractivity contribution < 1.29 is 9.53 Å². The molecule has 2 atom stereocenters. The molecule has 3 N–H and O–H groups in total. The van der Waals surface area contributed by atoms with Crippen molar-refractivity contribution in [3.05, 3.63) is 52.2 Å². The molecule has 0 saturated carbocycles. The summed E-state index contributed by atoms with van der Waals surface area (Å²) >= 11 is 1.48. The molecular formula is C15H18N2O2S. The zero-order valence-electron chi connectivity index (χ0n) is 11.5. The Bertz CT molecular complexity index is 569. The summed E-state index contributed by atoms with van der Waals surface area (Å²) in [5.41, 5.74) is 6.88. The van der Waals surface area contributed by atoms with Crippen molar-refractivity contribution in [1.29, 1.82) is 0 Å². The molecule has 2 rings (SSSR count). The van der Waals surface area contributed by atoms with E-state index in [2.05, 4.69) is 5.32 Å². The normalized spacial score (nSPS) is 13.6. The molecule has 2 aromatic rings. The van der Waals surface area contributed by atoms with E-state index < -0.39 is 6.04 Å². The molecule has 0 radical (unpaired) electrons. The third-order valence-corrected chi connectivity index (χ3v) is 4.05. The predicted octanol–water partition coefficient (Wildman–Crippen LogP) is 2.63. The highest BCUT2D eigenvalue weighted by Crippen LogP contribution is 2.25. The van der Waals surface area contributed by atoms with E-state index in [1.54, 1.807) is 7.11 Å². The van der Waals surface area contributed by atoms with E-state index in [1.165, 1.54) is 11.3 Å². The Morgan fingerprint density at radius 2 is 2.05 bits per heavy atom. The molecule has 1 heterocycles. The van der Waals surface area contributed by atoms with Crippen LogP contribution in [-0.2, 0) is 4.79 Å². The lowest BCUT2D eigenvalue weighted by Crippen LogP contribution is -2.35. The van der Waals surface area contributed by atoms with Crippen LogP contribution in [0.5, 0.6) is 5.75 Å². The van der Waals surface area contributed by atoms with Crippen LogP contribution in [0.15, 0.2) is 41.8 Å². The Labute approximate surface area is 122 Å². The minimum atomic E-state index is -0.632. The van der Waals surface area contributed by atoms with Crippen LogP contribution in [0.2, 0.25) is 0 Å². The maximum Gasteiger partial charge on any atom is 0.242 e. The number of carbonyl (C=O) groups excluding carboxylic acids is 1. The van der Waals surface area contributed by atoms with Crippen LogP contribution < -0.4 is 15.8 Å². The van der Waals surface area contributed by atoms with Crippen molar-refractivity contribution in [2.75, 3.05) is 7.11 Å².